The molecule has 0 bridgehead atoms. The summed E-state index contributed by atoms with van der Waals surface area (Å²) in [6.07, 6.45) is 2.46. The second-order valence-electron chi connectivity index (χ2n) is 3.79. The van der Waals surface area contributed by atoms with E-state index in [-0.39, 0.29) is 12.3 Å². The van der Waals surface area contributed by atoms with Crippen molar-refractivity contribution in [2.45, 2.75) is 32.6 Å². The summed E-state index contributed by atoms with van der Waals surface area (Å²) in [4.78, 5) is 21.6. The average molecular weight is 215 g/mol. The fourth-order valence-corrected chi connectivity index (χ4v) is 1.22. The summed E-state index contributed by atoms with van der Waals surface area (Å²) >= 11 is 0. The third kappa shape index (κ3) is 9.21. The Bertz CT molecular complexity index is 207. The molecule has 2 amide bonds. The summed E-state index contributed by atoms with van der Waals surface area (Å²) < 4.78 is 0. The molecule has 0 heterocycles. The van der Waals surface area contributed by atoms with E-state index in [0.29, 0.717) is 25.4 Å². The first-order valence-corrected chi connectivity index (χ1v) is 5.31. The van der Waals surface area contributed by atoms with E-state index < -0.39 is 5.91 Å². The monoisotopic (exact) mass is 215 g/mol. The molecule has 0 saturated heterocycles. The van der Waals surface area contributed by atoms with Gasteiger partial charge in [-0.1, -0.05) is 6.92 Å². The molecule has 5 nitrogen and oxygen atoms in total. The highest BCUT2D eigenvalue weighted by Crippen LogP contribution is 2.08. The fraction of sp³-hybridized carbons (Fsp3) is 0.800. The van der Waals surface area contributed by atoms with Gasteiger partial charge in [-0.05, 0) is 25.3 Å². The van der Waals surface area contributed by atoms with Crippen molar-refractivity contribution in [1.29, 1.82) is 0 Å². The van der Waals surface area contributed by atoms with Gasteiger partial charge in [0.15, 0.2) is 0 Å². The maximum absolute atomic E-state index is 11.2. The van der Waals surface area contributed by atoms with Crippen molar-refractivity contribution >= 4 is 11.8 Å². The Morgan fingerprint density at radius 1 is 1.27 bits per heavy atom. The Morgan fingerprint density at radius 2 is 1.93 bits per heavy atom. The average Bonchev–Trinajstić information content (AvgIpc) is 2.14. The SMILES string of the molecule is CC(CCN)CCC(=O)NCCC(N)=O. The van der Waals surface area contributed by atoms with Gasteiger partial charge in [-0.3, -0.25) is 9.59 Å². The predicted octanol–water partition coefficient (Wildman–Crippen LogP) is -0.257. The molecule has 0 aromatic carbocycles. The first-order valence-electron chi connectivity index (χ1n) is 5.31. The van der Waals surface area contributed by atoms with Gasteiger partial charge in [-0.15, -0.1) is 0 Å². The molecule has 0 fully saturated rings. The highest BCUT2D eigenvalue weighted by molar-refractivity contribution is 5.77. The minimum atomic E-state index is -0.396. The van der Waals surface area contributed by atoms with Crippen LogP contribution in [0.5, 0.6) is 0 Å². The van der Waals surface area contributed by atoms with Crippen molar-refractivity contribution in [3.05, 3.63) is 0 Å². The van der Waals surface area contributed by atoms with E-state index in [4.69, 9.17) is 11.5 Å². The second kappa shape index (κ2) is 8.23. The van der Waals surface area contributed by atoms with Crippen LogP contribution in [0.3, 0.4) is 0 Å². The number of nitrogens with one attached hydrogen (secondary N) is 1. The van der Waals surface area contributed by atoms with Gasteiger partial charge in [0.2, 0.25) is 11.8 Å². The Kier molecular flexibility index (Phi) is 7.62. The van der Waals surface area contributed by atoms with Crippen LogP contribution in [0.15, 0.2) is 0 Å². The molecule has 0 spiro atoms. The zero-order valence-electron chi connectivity index (χ0n) is 9.29. The van der Waals surface area contributed by atoms with Gasteiger partial charge in [0, 0.05) is 19.4 Å². The van der Waals surface area contributed by atoms with Gasteiger partial charge in [0.25, 0.3) is 0 Å². The topological polar surface area (TPSA) is 98.2 Å². The van der Waals surface area contributed by atoms with Crippen molar-refractivity contribution in [3.8, 4) is 0 Å². The van der Waals surface area contributed by atoms with E-state index in [2.05, 4.69) is 12.2 Å². The molecule has 0 aromatic rings. The molecule has 0 aliphatic carbocycles. The van der Waals surface area contributed by atoms with Gasteiger partial charge in [-0.2, -0.15) is 0 Å². The highest BCUT2D eigenvalue weighted by atomic mass is 16.2. The lowest BCUT2D eigenvalue weighted by Crippen LogP contribution is -2.28. The smallest absolute Gasteiger partial charge is 0.220 e. The number of carbonyl (C=O) groups excluding carboxylic acids is 2. The molecule has 5 heteroatoms. The van der Waals surface area contributed by atoms with Crippen LogP contribution in [-0.4, -0.2) is 24.9 Å². The number of primary amides is 1. The van der Waals surface area contributed by atoms with E-state index in [9.17, 15) is 9.59 Å². The van der Waals surface area contributed by atoms with E-state index in [1.807, 2.05) is 0 Å². The van der Waals surface area contributed by atoms with Crippen LogP contribution in [0.1, 0.15) is 32.6 Å². The molecule has 0 rings (SSSR count). The number of rotatable bonds is 8. The van der Waals surface area contributed by atoms with Crippen LogP contribution in [0, 0.1) is 5.92 Å². The summed E-state index contributed by atoms with van der Waals surface area (Å²) in [6.45, 7) is 3.06. The second-order valence-corrected chi connectivity index (χ2v) is 3.79. The number of amides is 2. The summed E-state index contributed by atoms with van der Waals surface area (Å²) in [5.74, 6) is 0.0452. The molecule has 1 atom stereocenters. The number of hydrogen-bond acceptors (Lipinski definition) is 3. The zero-order valence-corrected chi connectivity index (χ0v) is 9.29. The summed E-state index contributed by atoms with van der Waals surface area (Å²) in [5.41, 5.74) is 10.3. The van der Waals surface area contributed by atoms with E-state index in [1.165, 1.54) is 0 Å². The third-order valence-electron chi connectivity index (χ3n) is 2.22. The Balaban J connectivity index is 3.44. The molecule has 1 unspecified atom stereocenters. The normalized spacial score (nSPS) is 12.1. The summed E-state index contributed by atoms with van der Waals surface area (Å²) in [7, 11) is 0. The Labute approximate surface area is 90.6 Å². The zero-order chi connectivity index (χ0) is 11.7. The molecule has 0 saturated carbocycles. The molecule has 0 aromatic heterocycles. The van der Waals surface area contributed by atoms with E-state index >= 15 is 0 Å². The van der Waals surface area contributed by atoms with E-state index in [0.717, 1.165) is 12.8 Å². The number of hydrogen-bond donors (Lipinski definition) is 3. The number of nitrogens with two attached hydrogens (primary N) is 2. The van der Waals surface area contributed by atoms with Gasteiger partial charge >= 0.3 is 0 Å². The van der Waals surface area contributed by atoms with Crippen LogP contribution >= 0.6 is 0 Å². The Hall–Kier alpha value is -1.10. The first kappa shape index (κ1) is 13.9. The first-order chi connectivity index (χ1) is 7.06. The molecule has 5 N–H and O–H groups in total. The highest BCUT2D eigenvalue weighted by Gasteiger charge is 2.05. The lowest BCUT2D eigenvalue weighted by molar-refractivity contribution is -0.121. The number of carbonyl (C=O) groups is 2. The molecule has 0 radical (unpaired) electrons. The maximum Gasteiger partial charge on any atom is 0.220 e. The van der Waals surface area contributed by atoms with Crippen molar-refractivity contribution in [3.63, 3.8) is 0 Å². The van der Waals surface area contributed by atoms with Crippen LogP contribution in [0.25, 0.3) is 0 Å². The summed E-state index contributed by atoms with van der Waals surface area (Å²) in [6, 6.07) is 0. The van der Waals surface area contributed by atoms with Crippen LogP contribution in [0.2, 0.25) is 0 Å². The molecule has 0 aliphatic heterocycles. The standard InChI is InChI=1S/C10H21N3O2/c1-8(4-6-11)2-3-10(15)13-7-5-9(12)14/h8H,2-7,11H2,1H3,(H2,12,14)(H,13,15). The third-order valence-corrected chi connectivity index (χ3v) is 2.22. The molecular weight excluding hydrogens is 194 g/mol. The lowest BCUT2D eigenvalue weighted by Gasteiger charge is -2.09. The predicted molar refractivity (Wildman–Crippen MR) is 58.9 cm³/mol. The maximum atomic E-state index is 11.2. The fourth-order valence-electron chi connectivity index (χ4n) is 1.22. The van der Waals surface area contributed by atoms with Crippen LogP contribution in [0.4, 0.5) is 0 Å². The van der Waals surface area contributed by atoms with Gasteiger partial charge in [0.05, 0.1) is 0 Å². The largest absolute Gasteiger partial charge is 0.370 e. The van der Waals surface area contributed by atoms with Crippen molar-refractivity contribution in [1.82, 2.24) is 5.32 Å². The van der Waals surface area contributed by atoms with Gasteiger partial charge in [0.1, 0.15) is 0 Å². The van der Waals surface area contributed by atoms with Crippen molar-refractivity contribution < 1.29 is 9.59 Å². The van der Waals surface area contributed by atoms with Crippen LogP contribution < -0.4 is 16.8 Å². The van der Waals surface area contributed by atoms with Crippen LogP contribution in [-0.2, 0) is 9.59 Å². The minimum Gasteiger partial charge on any atom is -0.370 e. The minimum absolute atomic E-state index is 0.0277. The molecule has 88 valence electrons. The van der Waals surface area contributed by atoms with Gasteiger partial charge in [-0.25, -0.2) is 0 Å². The van der Waals surface area contributed by atoms with Crippen molar-refractivity contribution in [2.75, 3.05) is 13.1 Å². The van der Waals surface area contributed by atoms with Crippen molar-refractivity contribution in [2.24, 2.45) is 17.4 Å². The van der Waals surface area contributed by atoms with E-state index in [1.54, 1.807) is 0 Å². The quantitative estimate of drug-likeness (QED) is 0.520. The Morgan fingerprint density at radius 3 is 2.47 bits per heavy atom. The summed E-state index contributed by atoms with van der Waals surface area (Å²) in [5, 5.41) is 2.64. The molecular formula is C10H21N3O2. The molecule has 15 heavy (non-hydrogen) atoms. The molecule has 0 aliphatic rings. The lowest BCUT2D eigenvalue weighted by atomic mass is 10.0. The van der Waals surface area contributed by atoms with Gasteiger partial charge < -0.3 is 16.8 Å².